The first-order valence-electron chi connectivity index (χ1n) is 7.50. The maximum Gasteiger partial charge on any atom is 0.186 e. The SMILES string of the molecule is O=Cc1ccccc1C(=O)/C=C\CCC(=O)c1ccccc1C=O. The second-order valence-electron chi connectivity index (χ2n) is 5.14. The normalized spacial score (nSPS) is 10.5. The lowest BCUT2D eigenvalue weighted by molar-refractivity contribution is 0.0975. The highest BCUT2D eigenvalue weighted by atomic mass is 16.1. The molecule has 0 aliphatic carbocycles. The van der Waals surface area contributed by atoms with Crippen LogP contribution in [0.4, 0.5) is 0 Å². The third-order valence-corrected chi connectivity index (χ3v) is 3.55. The first kappa shape index (κ1) is 17.2. The molecule has 0 aliphatic rings. The summed E-state index contributed by atoms with van der Waals surface area (Å²) in [4.78, 5) is 46.0. The van der Waals surface area contributed by atoms with Gasteiger partial charge in [-0.2, -0.15) is 0 Å². The molecule has 0 atom stereocenters. The standard InChI is InChI=1S/C20H16O4/c21-13-15-7-1-3-9-17(15)19(23)11-5-6-12-20(24)18-10-4-2-8-16(18)14-22/h1-5,7-11,13-14H,6,12H2/b11-5-. The van der Waals surface area contributed by atoms with Gasteiger partial charge in [0.1, 0.15) is 0 Å². The van der Waals surface area contributed by atoms with Crippen molar-refractivity contribution < 1.29 is 19.2 Å². The summed E-state index contributed by atoms with van der Waals surface area (Å²) < 4.78 is 0. The summed E-state index contributed by atoms with van der Waals surface area (Å²) in [6, 6.07) is 13.1. The number of hydrogen-bond acceptors (Lipinski definition) is 4. The smallest absolute Gasteiger partial charge is 0.186 e. The molecule has 0 radical (unpaired) electrons. The van der Waals surface area contributed by atoms with Gasteiger partial charge in [-0.15, -0.1) is 0 Å². The highest BCUT2D eigenvalue weighted by Crippen LogP contribution is 2.12. The van der Waals surface area contributed by atoms with Crippen LogP contribution in [0, 0.1) is 0 Å². The van der Waals surface area contributed by atoms with Gasteiger partial charge in [-0.1, -0.05) is 54.6 Å². The molecule has 2 rings (SSSR count). The highest BCUT2D eigenvalue weighted by Gasteiger charge is 2.10. The highest BCUT2D eigenvalue weighted by molar-refractivity contribution is 6.09. The Bertz CT molecular complexity index is 803. The van der Waals surface area contributed by atoms with Gasteiger partial charge in [-0.25, -0.2) is 0 Å². The van der Waals surface area contributed by atoms with E-state index >= 15 is 0 Å². The number of hydrogen-bond donors (Lipinski definition) is 0. The van der Waals surface area contributed by atoms with Crippen LogP contribution >= 0.6 is 0 Å². The van der Waals surface area contributed by atoms with E-state index in [1.54, 1.807) is 54.6 Å². The van der Waals surface area contributed by atoms with E-state index < -0.39 is 0 Å². The van der Waals surface area contributed by atoms with E-state index in [9.17, 15) is 19.2 Å². The van der Waals surface area contributed by atoms with Crippen LogP contribution in [0.5, 0.6) is 0 Å². The molecule has 2 aromatic carbocycles. The summed E-state index contributed by atoms with van der Waals surface area (Å²) in [5.41, 5.74) is 1.42. The molecule has 0 heterocycles. The van der Waals surface area contributed by atoms with Crippen molar-refractivity contribution in [3.63, 3.8) is 0 Å². The molecule has 0 saturated heterocycles. The molecule has 24 heavy (non-hydrogen) atoms. The Morgan fingerprint density at radius 3 is 1.96 bits per heavy atom. The fraction of sp³-hybridized carbons (Fsp3) is 0.100. The lowest BCUT2D eigenvalue weighted by atomic mass is 10.0. The Labute approximate surface area is 139 Å². The topological polar surface area (TPSA) is 68.3 Å². The molecule has 2 aromatic rings. The zero-order valence-corrected chi connectivity index (χ0v) is 13.0. The van der Waals surface area contributed by atoms with Gasteiger partial charge in [0.05, 0.1) is 0 Å². The summed E-state index contributed by atoms with van der Waals surface area (Å²) in [6.07, 6.45) is 4.83. The summed E-state index contributed by atoms with van der Waals surface area (Å²) in [5, 5.41) is 0. The molecule has 0 aliphatic heterocycles. The van der Waals surface area contributed by atoms with Crippen LogP contribution in [0.15, 0.2) is 60.7 Å². The van der Waals surface area contributed by atoms with Gasteiger partial charge in [0.2, 0.25) is 0 Å². The summed E-state index contributed by atoms with van der Waals surface area (Å²) in [7, 11) is 0. The van der Waals surface area contributed by atoms with Gasteiger partial charge >= 0.3 is 0 Å². The van der Waals surface area contributed by atoms with Crippen molar-refractivity contribution in [2.45, 2.75) is 12.8 Å². The van der Waals surface area contributed by atoms with Gasteiger partial charge in [0.25, 0.3) is 0 Å². The second kappa shape index (κ2) is 8.48. The largest absolute Gasteiger partial charge is 0.298 e. The fourth-order valence-corrected chi connectivity index (χ4v) is 2.31. The second-order valence-corrected chi connectivity index (χ2v) is 5.14. The van der Waals surface area contributed by atoms with E-state index in [4.69, 9.17) is 0 Å². The van der Waals surface area contributed by atoms with E-state index in [0.717, 1.165) is 0 Å². The lowest BCUT2D eigenvalue weighted by Gasteiger charge is -2.02. The number of aldehydes is 2. The molecule has 0 fully saturated rings. The molecule has 0 amide bonds. The van der Waals surface area contributed by atoms with Crippen LogP contribution in [0.2, 0.25) is 0 Å². The predicted molar refractivity (Wildman–Crippen MR) is 90.7 cm³/mol. The van der Waals surface area contributed by atoms with Gasteiger partial charge in [-0.3, -0.25) is 19.2 Å². The summed E-state index contributed by atoms with van der Waals surface area (Å²) in [5.74, 6) is -0.429. The van der Waals surface area contributed by atoms with Gasteiger partial charge < -0.3 is 0 Å². The number of allylic oxidation sites excluding steroid dienone is 2. The number of carbonyl (C=O) groups is 4. The Balaban J connectivity index is 1.97. The molecule has 0 spiro atoms. The molecule has 4 nitrogen and oxygen atoms in total. The average molecular weight is 320 g/mol. The van der Waals surface area contributed by atoms with Crippen molar-refractivity contribution in [3.05, 3.63) is 82.9 Å². The number of Topliss-reactive ketones (excluding diaryl/α,β-unsaturated/α-hetero) is 1. The van der Waals surface area contributed by atoms with Crippen LogP contribution in [-0.4, -0.2) is 24.1 Å². The van der Waals surface area contributed by atoms with Crippen molar-refractivity contribution in [1.29, 1.82) is 0 Å². The molecular weight excluding hydrogens is 304 g/mol. The van der Waals surface area contributed by atoms with Crippen LogP contribution in [0.25, 0.3) is 0 Å². The average Bonchev–Trinajstić information content (AvgIpc) is 2.64. The Hall–Kier alpha value is -3.14. The fourth-order valence-electron chi connectivity index (χ4n) is 2.31. The number of carbonyl (C=O) groups excluding carboxylic acids is 4. The molecule has 0 saturated carbocycles. The third kappa shape index (κ3) is 4.20. The molecule has 0 N–H and O–H groups in total. The minimum atomic E-state index is -0.279. The predicted octanol–water partition coefficient (Wildman–Crippen LogP) is 3.71. The van der Waals surface area contributed by atoms with E-state index in [2.05, 4.69) is 0 Å². The minimum Gasteiger partial charge on any atom is -0.298 e. The first-order valence-corrected chi connectivity index (χ1v) is 7.50. The van der Waals surface area contributed by atoms with Gasteiger partial charge in [0, 0.05) is 28.7 Å². The molecule has 0 aromatic heterocycles. The van der Waals surface area contributed by atoms with Crippen molar-refractivity contribution in [2.75, 3.05) is 0 Å². The first-order chi connectivity index (χ1) is 11.7. The molecule has 4 heteroatoms. The minimum absolute atomic E-state index is 0.150. The number of rotatable bonds is 8. The third-order valence-electron chi connectivity index (χ3n) is 3.55. The molecule has 0 unspecified atom stereocenters. The molecule has 0 bridgehead atoms. The molecule has 120 valence electrons. The van der Waals surface area contributed by atoms with E-state index in [-0.39, 0.29) is 18.0 Å². The Morgan fingerprint density at radius 2 is 1.33 bits per heavy atom. The van der Waals surface area contributed by atoms with Gasteiger partial charge in [0.15, 0.2) is 24.1 Å². The quantitative estimate of drug-likeness (QED) is 0.422. The zero-order valence-electron chi connectivity index (χ0n) is 13.0. The van der Waals surface area contributed by atoms with Crippen LogP contribution in [-0.2, 0) is 0 Å². The Morgan fingerprint density at radius 1 is 0.792 bits per heavy atom. The summed E-state index contributed by atoms with van der Waals surface area (Å²) in [6.45, 7) is 0. The number of benzene rings is 2. The number of ketones is 2. The van der Waals surface area contributed by atoms with Crippen LogP contribution < -0.4 is 0 Å². The maximum absolute atomic E-state index is 12.1. The summed E-state index contributed by atoms with van der Waals surface area (Å²) >= 11 is 0. The zero-order chi connectivity index (χ0) is 17.4. The van der Waals surface area contributed by atoms with Gasteiger partial charge in [-0.05, 0) is 12.5 Å². The maximum atomic E-state index is 12.1. The van der Waals surface area contributed by atoms with Crippen LogP contribution in [0.3, 0.4) is 0 Å². The monoisotopic (exact) mass is 320 g/mol. The molecular formula is C20H16O4. The Kier molecular flexibility index (Phi) is 6.08. The van der Waals surface area contributed by atoms with E-state index in [1.165, 1.54) is 6.08 Å². The van der Waals surface area contributed by atoms with Crippen molar-refractivity contribution in [2.24, 2.45) is 0 Å². The van der Waals surface area contributed by atoms with Crippen molar-refractivity contribution in [1.82, 2.24) is 0 Å². The van der Waals surface area contributed by atoms with E-state index in [1.807, 2.05) is 0 Å². The van der Waals surface area contributed by atoms with Crippen molar-refractivity contribution >= 4 is 24.1 Å². The van der Waals surface area contributed by atoms with Crippen LogP contribution in [0.1, 0.15) is 54.3 Å². The lowest BCUT2D eigenvalue weighted by Crippen LogP contribution is -2.03. The van der Waals surface area contributed by atoms with Crippen molar-refractivity contribution in [3.8, 4) is 0 Å². The van der Waals surface area contributed by atoms with E-state index in [0.29, 0.717) is 41.2 Å².